The quantitative estimate of drug-likeness (QED) is 0.482. The third-order valence-corrected chi connectivity index (χ3v) is 6.53. The zero-order valence-corrected chi connectivity index (χ0v) is 19.6. The summed E-state index contributed by atoms with van der Waals surface area (Å²) in [6.07, 6.45) is -0.722. The van der Waals surface area contributed by atoms with Crippen molar-refractivity contribution in [3.05, 3.63) is 42.5 Å². The van der Waals surface area contributed by atoms with E-state index in [1.54, 1.807) is 4.90 Å². The van der Waals surface area contributed by atoms with Gasteiger partial charge >= 0.3 is 0 Å². The Kier molecular flexibility index (Phi) is 7.12. The molecule has 0 aliphatic carbocycles. The second-order valence-electron chi connectivity index (χ2n) is 7.41. The third kappa shape index (κ3) is 4.66. The molecule has 0 bridgehead atoms. The van der Waals surface area contributed by atoms with E-state index in [0.29, 0.717) is 29.8 Å². The van der Waals surface area contributed by atoms with Gasteiger partial charge in [0.15, 0.2) is 16.6 Å². The van der Waals surface area contributed by atoms with Gasteiger partial charge in [0.2, 0.25) is 6.10 Å². The molecule has 0 spiro atoms. The number of likely N-dealkylation sites (N-methyl/N-ethyl adjacent to an activating group) is 1. The first-order valence-electron chi connectivity index (χ1n) is 11.1. The molecule has 0 fully saturated rings. The third-order valence-electron chi connectivity index (χ3n) is 5.49. The van der Waals surface area contributed by atoms with Gasteiger partial charge in [-0.05, 0) is 44.3 Å². The molecule has 1 aliphatic rings. The first-order chi connectivity index (χ1) is 15.6. The van der Waals surface area contributed by atoms with Gasteiger partial charge in [-0.25, -0.2) is 4.98 Å². The zero-order valence-electron chi connectivity index (χ0n) is 18.7. The van der Waals surface area contributed by atoms with Crippen LogP contribution in [0, 0.1) is 0 Å². The molecule has 3 aromatic rings. The minimum absolute atomic E-state index is 0.149. The molecule has 8 heteroatoms. The predicted molar refractivity (Wildman–Crippen MR) is 127 cm³/mol. The van der Waals surface area contributed by atoms with Crippen molar-refractivity contribution in [2.75, 3.05) is 44.3 Å². The van der Waals surface area contributed by atoms with Crippen molar-refractivity contribution < 1.29 is 19.0 Å². The number of carbonyl (C=O) groups excluding carboxylic acids is 1. The number of aromatic nitrogens is 1. The summed E-state index contributed by atoms with van der Waals surface area (Å²) in [6.45, 7) is 10.0. The van der Waals surface area contributed by atoms with Gasteiger partial charge < -0.3 is 19.1 Å². The molecule has 7 nitrogen and oxygen atoms in total. The Labute approximate surface area is 192 Å². The minimum Gasteiger partial charge on any atom is -0.492 e. The summed E-state index contributed by atoms with van der Waals surface area (Å²) in [4.78, 5) is 22.4. The van der Waals surface area contributed by atoms with Crippen molar-refractivity contribution in [2.24, 2.45) is 0 Å². The molecule has 0 N–H and O–H groups in total. The van der Waals surface area contributed by atoms with Crippen LogP contribution in [-0.2, 0) is 4.79 Å². The Balaban J connectivity index is 1.64. The molecule has 1 aliphatic heterocycles. The number of anilines is 1. The van der Waals surface area contributed by atoms with Crippen LogP contribution in [0.1, 0.15) is 20.8 Å². The van der Waals surface area contributed by atoms with Crippen LogP contribution in [-0.4, -0.2) is 61.3 Å². The summed E-state index contributed by atoms with van der Waals surface area (Å²) < 4.78 is 18.5. The highest BCUT2D eigenvalue weighted by molar-refractivity contribution is 7.22. The van der Waals surface area contributed by atoms with Gasteiger partial charge in [-0.3, -0.25) is 9.69 Å². The highest BCUT2D eigenvalue weighted by Gasteiger charge is 2.33. The van der Waals surface area contributed by atoms with E-state index in [9.17, 15) is 4.79 Å². The van der Waals surface area contributed by atoms with Crippen LogP contribution in [0.25, 0.3) is 10.2 Å². The molecule has 1 atom stereocenters. The van der Waals surface area contributed by atoms with Gasteiger partial charge in [-0.1, -0.05) is 43.4 Å². The summed E-state index contributed by atoms with van der Waals surface area (Å²) in [7, 11) is 0. The maximum atomic E-state index is 13.6. The molecule has 1 unspecified atom stereocenters. The van der Waals surface area contributed by atoms with E-state index in [0.717, 1.165) is 35.6 Å². The number of para-hydroxylation sites is 3. The number of rotatable bonds is 9. The van der Waals surface area contributed by atoms with Gasteiger partial charge in [-0.15, -0.1) is 0 Å². The molecule has 1 amide bonds. The lowest BCUT2D eigenvalue weighted by atomic mass is 10.2. The molecule has 0 radical (unpaired) electrons. The van der Waals surface area contributed by atoms with E-state index in [1.807, 2.05) is 49.4 Å². The van der Waals surface area contributed by atoms with E-state index in [2.05, 4.69) is 18.7 Å². The van der Waals surface area contributed by atoms with Crippen molar-refractivity contribution in [1.82, 2.24) is 9.88 Å². The van der Waals surface area contributed by atoms with Gasteiger partial charge in [0.05, 0.1) is 11.3 Å². The number of benzene rings is 2. The number of hydrogen-bond donors (Lipinski definition) is 0. The topological polar surface area (TPSA) is 64.1 Å². The Morgan fingerprint density at radius 1 is 1.09 bits per heavy atom. The van der Waals surface area contributed by atoms with Crippen LogP contribution in [0.4, 0.5) is 5.13 Å². The van der Waals surface area contributed by atoms with Gasteiger partial charge in [0, 0.05) is 13.1 Å². The van der Waals surface area contributed by atoms with Gasteiger partial charge in [0.1, 0.15) is 17.9 Å². The molecule has 0 saturated heterocycles. The van der Waals surface area contributed by atoms with Gasteiger partial charge in [-0.2, -0.15) is 0 Å². The van der Waals surface area contributed by atoms with E-state index < -0.39 is 6.10 Å². The maximum Gasteiger partial charge on any atom is 0.273 e. The Bertz CT molecular complexity index is 1070. The average molecular weight is 456 g/mol. The average Bonchev–Trinajstić information content (AvgIpc) is 3.26. The molecular weight excluding hydrogens is 426 g/mol. The van der Waals surface area contributed by atoms with Crippen molar-refractivity contribution >= 4 is 32.6 Å². The molecular formula is C24H29N3O4S. The molecule has 0 saturated carbocycles. The highest BCUT2D eigenvalue weighted by atomic mass is 32.1. The number of carbonyl (C=O) groups is 1. The number of ether oxygens (including phenoxy) is 3. The van der Waals surface area contributed by atoms with Crippen LogP contribution in [0.5, 0.6) is 17.2 Å². The molecule has 2 aromatic carbocycles. The standard InChI is InChI=1S/C24H29N3O4S/c1-4-26(5-2)14-15-27(23(28)20-16-30-17-10-7-8-11-18(17)31-20)24-25-22-19(29-6-3)12-9-13-21(22)32-24/h7-13,20H,4-6,14-16H2,1-3H3. The zero-order chi connectivity index (χ0) is 22.5. The van der Waals surface area contributed by atoms with E-state index in [1.165, 1.54) is 11.3 Å². The first-order valence-corrected chi connectivity index (χ1v) is 11.9. The Morgan fingerprint density at radius 3 is 2.62 bits per heavy atom. The van der Waals surface area contributed by atoms with Crippen molar-refractivity contribution in [2.45, 2.75) is 26.9 Å². The van der Waals surface area contributed by atoms with Crippen LogP contribution in [0.15, 0.2) is 42.5 Å². The monoisotopic (exact) mass is 455 g/mol. The second kappa shape index (κ2) is 10.2. The molecule has 170 valence electrons. The van der Waals surface area contributed by atoms with Crippen LogP contribution >= 0.6 is 11.3 Å². The lowest BCUT2D eigenvalue weighted by Crippen LogP contribution is -2.48. The molecule has 4 rings (SSSR count). The number of thiazole rings is 1. The minimum atomic E-state index is -0.722. The predicted octanol–water partition coefficient (Wildman–Crippen LogP) is 4.21. The van der Waals surface area contributed by atoms with Crippen molar-refractivity contribution in [3.63, 3.8) is 0 Å². The molecule has 32 heavy (non-hydrogen) atoms. The summed E-state index contributed by atoms with van der Waals surface area (Å²) in [5.41, 5.74) is 0.779. The normalized spacial score (nSPS) is 15.2. The van der Waals surface area contributed by atoms with E-state index in [4.69, 9.17) is 19.2 Å². The molecule has 2 heterocycles. The SMILES string of the molecule is CCOc1cccc2sc(N(CCN(CC)CC)C(=O)C3COc4ccccc4O3)nc12. The number of fused-ring (bicyclic) bond motifs is 2. The first kappa shape index (κ1) is 22.4. The summed E-state index contributed by atoms with van der Waals surface area (Å²) >= 11 is 1.49. The summed E-state index contributed by atoms with van der Waals surface area (Å²) in [6, 6.07) is 13.3. The number of nitrogens with zero attached hydrogens (tertiary/aromatic N) is 3. The number of amides is 1. The van der Waals surface area contributed by atoms with Gasteiger partial charge in [0.25, 0.3) is 5.91 Å². The fourth-order valence-corrected chi connectivity index (χ4v) is 4.71. The summed E-state index contributed by atoms with van der Waals surface area (Å²) in [5, 5.41) is 0.645. The fraction of sp³-hybridized carbons (Fsp3) is 0.417. The molecule has 1 aromatic heterocycles. The smallest absolute Gasteiger partial charge is 0.273 e. The highest BCUT2D eigenvalue weighted by Crippen LogP contribution is 2.36. The lowest BCUT2D eigenvalue weighted by molar-refractivity contribution is -0.127. The Morgan fingerprint density at radius 2 is 1.88 bits per heavy atom. The lowest BCUT2D eigenvalue weighted by Gasteiger charge is -2.30. The van der Waals surface area contributed by atoms with Crippen molar-refractivity contribution in [1.29, 1.82) is 0 Å². The van der Waals surface area contributed by atoms with Crippen molar-refractivity contribution in [3.8, 4) is 17.2 Å². The number of hydrogen-bond acceptors (Lipinski definition) is 7. The largest absolute Gasteiger partial charge is 0.492 e. The maximum absolute atomic E-state index is 13.6. The van der Waals surface area contributed by atoms with Crippen LogP contribution in [0.3, 0.4) is 0 Å². The second-order valence-corrected chi connectivity index (χ2v) is 8.42. The van der Waals surface area contributed by atoms with E-state index >= 15 is 0 Å². The summed E-state index contributed by atoms with van der Waals surface area (Å²) in [5.74, 6) is 1.83. The fourth-order valence-electron chi connectivity index (χ4n) is 3.70. The Hall–Kier alpha value is -2.84. The van der Waals surface area contributed by atoms with Crippen LogP contribution < -0.4 is 19.1 Å². The van der Waals surface area contributed by atoms with E-state index in [-0.39, 0.29) is 12.5 Å². The van der Waals surface area contributed by atoms with Crippen LogP contribution in [0.2, 0.25) is 0 Å².